The van der Waals surface area contributed by atoms with Crippen LogP contribution in [0.25, 0.3) is 11.0 Å². The Morgan fingerprint density at radius 1 is 1.44 bits per heavy atom. The third-order valence-electron chi connectivity index (χ3n) is 3.06. The van der Waals surface area contributed by atoms with E-state index in [4.69, 9.17) is 5.73 Å². The number of aromatic nitrogens is 2. The van der Waals surface area contributed by atoms with Gasteiger partial charge in [-0.25, -0.2) is 4.98 Å². The van der Waals surface area contributed by atoms with Crippen LogP contribution in [0, 0.1) is 6.92 Å². The Morgan fingerprint density at radius 3 is 2.72 bits per heavy atom. The van der Waals surface area contributed by atoms with E-state index in [1.54, 1.807) is 23.6 Å². The van der Waals surface area contributed by atoms with Gasteiger partial charge in [0.15, 0.2) is 0 Å². The molecule has 1 aromatic heterocycles. The molecule has 96 valence electrons. The van der Waals surface area contributed by atoms with Crippen LogP contribution in [0.3, 0.4) is 0 Å². The van der Waals surface area contributed by atoms with Crippen molar-refractivity contribution in [3.63, 3.8) is 0 Å². The average molecular weight is 246 g/mol. The van der Waals surface area contributed by atoms with Gasteiger partial charge in [0.2, 0.25) is 11.9 Å². The lowest BCUT2D eigenvalue weighted by atomic mass is 10.2. The minimum absolute atomic E-state index is 0.00146. The zero-order valence-corrected chi connectivity index (χ0v) is 11.1. The quantitative estimate of drug-likeness (QED) is 0.875. The predicted molar refractivity (Wildman–Crippen MR) is 72.3 cm³/mol. The number of aryl methyl sites for hydroxylation is 1. The molecule has 1 unspecified atom stereocenters. The minimum Gasteiger partial charge on any atom is -0.369 e. The molecular weight excluding hydrogens is 228 g/mol. The number of benzene rings is 1. The molecule has 0 fully saturated rings. The van der Waals surface area contributed by atoms with E-state index in [2.05, 4.69) is 4.98 Å². The van der Waals surface area contributed by atoms with Crippen molar-refractivity contribution in [1.29, 1.82) is 0 Å². The van der Waals surface area contributed by atoms with Crippen molar-refractivity contribution in [2.75, 3.05) is 19.8 Å². The fourth-order valence-corrected chi connectivity index (χ4v) is 2.12. The first-order chi connectivity index (χ1) is 8.41. The molecule has 0 radical (unpaired) electrons. The van der Waals surface area contributed by atoms with Crippen molar-refractivity contribution in [3.05, 3.63) is 23.8 Å². The second-order valence-corrected chi connectivity index (χ2v) is 4.74. The van der Waals surface area contributed by atoms with Crippen molar-refractivity contribution in [1.82, 2.24) is 14.5 Å². The molecule has 0 aliphatic carbocycles. The molecule has 2 rings (SSSR count). The average Bonchev–Trinajstić information content (AvgIpc) is 2.62. The second-order valence-electron chi connectivity index (χ2n) is 4.74. The molecule has 0 saturated carbocycles. The number of carbonyl (C=O) groups excluding carboxylic acids is 1. The van der Waals surface area contributed by atoms with Crippen LogP contribution in [-0.4, -0.2) is 34.5 Å². The number of fused-ring (bicyclic) bond motifs is 1. The number of nitrogens with zero attached hydrogens (tertiary/aromatic N) is 3. The summed E-state index contributed by atoms with van der Waals surface area (Å²) in [6.45, 7) is 3.84. The molecule has 0 aliphatic heterocycles. The Morgan fingerprint density at radius 2 is 2.11 bits per heavy atom. The molecule has 1 heterocycles. The SMILES string of the molecule is Cc1ccc2c(c1)nc(N)n2C(C)C(=O)N(C)C. The number of amides is 1. The highest BCUT2D eigenvalue weighted by Crippen LogP contribution is 2.24. The van der Waals surface area contributed by atoms with Crippen molar-refractivity contribution < 1.29 is 4.79 Å². The molecular formula is C13H18N4O. The number of rotatable bonds is 2. The molecule has 2 N–H and O–H groups in total. The Kier molecular flexibility index (Phi) is 2.98. The molecule has 2 aromatic rings. The van der Waals surface area contributed by atoms with Gasteiger partial charge >= 0.3 is 0 Å². The van der Waals surface area contributed by atoms with Crippen molar-refractivity contribution >= 4 is 22.9 Å². The largest absolute Gasteiger partial charge is 0.369 e. The van der Waals surface area contributed by atoms with E-state index in [1.165, 1.54) is 0 Å². The predicted octanol–water partition coefficient (Wildman–Crippen LogP) is 1.58. The van der Waals surface area contributed by atoms with Crippen molar-refractivity contribution in [2.45, 2.75) is 19.9 Å². The summed E-state index contributed by atoms with van der Waals surface area (Å²) < 4.78 is 1.77. The summed E-state index contributed by atoms with van der Waals surface area (Å²) in [5.41, 5.74) is 8.76. The number of nitrogen functional groups attached to an aromatic ring is 1. The number of hydrogen-bond donors (Lipinski definition) is 1. The van der Waals surface area contributed by atoms with Gasteiger partial charge in [-0.15, -0.1) is 0 Å². The Balaban J connectivity index is 2.57. The maximum atomic E-state index is 12.0. The highest BCUT2D eigenvalue weighted by atomic mass is 16.2. The summed E-state index contributed by atoms with van der Waals surface area (Å²) in [5.74, 6) is 0.375. The summed E-state index contributed by atoms with van der Waals surface area (Å²) >= 11 is 0. The maximum Gasteiger partial charge on any atom is 0.244 e. The van der Waals surface area contributed by atoms with Gasteiger partial charge in [0.05, 0.1) is 11.0 Å². The number of imidazole rings is 1. The molecule has 0 saturated heterocycles. The highest BCUT2D eigenvalue weighted by molar-refractivity contribution is 5.85. The normalized spacial score (nSPS) is 12.7. The van der Waals surface area contributed by atoms with Crippen LogP contribution in [0.2, 0.25) is 0 Å². The third-order valence-corrected chi connectivity index (χ3v) is 3.06. The minimum atomic E-state index is -0.354. The second kappa shape index (κ2) is 4.33. The van der Waals surface area contributed by atoms with E-state index in [0.717, 1.165) is 16.6 Å². The number of anilines is 1. The molecule has 0 aliphatic rings. The van der Waals surface area contributed by atoms with Crippen LogP contribution >= 0.6 is 0 Å². The molecule has 0 spiro atoms. The first-order valence-corrected chi connectivity index (χ1v) is 5.87. The number of likely N-dealkylation sites (N-methyl/N-ethyl adjacent to an activating group) is 1. The van der Waals surface area contributed by atoms with Gasteiger partial charge < -0.3 is 10.6 Å². The molecule has 1 aromatic carbocycles. The Bertz CT molecular complexity index is 600. The fraction of sp³-hybridized carbons (Fsp3) is 0.385. The molecule has 18 heavy (non-hydrogen) atoms. The van der Waals surface area contributed by atoms with Crippen molar-refractivity contribution in [3.8, 4) is 0 Å². The van der Waals surface area contributed by atoms with Crippen LogP contribution in [0.5, 0.6) is 0 Å². The Labute approximate surface area is 106 Å². The van der Waals surface area contributed by atoms with Gasteiger partial charge in [-0.05, 0) is 31.5 Å². The van der Waals surface area contributed by atoms with Crippen LogP contribution in [0.1, 0.15) is 18.5 Å². The van der Waals surface area contributed by atoms with E-state index in [0.29, 0.717) is 5.95 Å². The highest BCUT2D eigenvalue weighted by Gasteiger charge is 2.21. The lowest BCUT2D eigenvalue weighted by Crippen LogP contribution is -2.30. The molecule has 5 heteroatoms. The van der Waals surface area contributed by atoms with E-state index in [-0.39, 0.29) is 11.9 Å². The zero-order valence-electron chi connectivity index (χ0n) is 11.1. The van der Waals surface area contributed by atoms with Crippen LogP contribution in [0.4, 0.5) is 5.95 Å². The first-order valence-electron chi connectivity index (χ1n) is 5.87. The van der Waals surface area contributed by atoms with Crippen LogP contribution < -0.4 is 5.73 Å². The van der Waals surface area contributed by atoms with Gasteiger partial charge in [-0.3, -0.25) is 9.36 Å². The lowest BCUT2D eigenvalue weighted by Gasteiger charge is -2.19. The summed E-state index contributed by atoms with van der Waals surface area (Å²) in [6, 6.07) is 5.56. The van der Waals surface area contributed by atoms with Gasteiger partial charge in [0.25, 0.3) is 0 Å². The molecule has 1 atom stereocenters. The summed E-state index contributed by atoms with van der Waals surface area (Å²) in [6.07, 6.45) is 0. The number of nitrogens with two attached hydrogens (primary N) is 1. The number of hydrogen-bond acceptors (Lipinski definition) is 3. The summed E-state index contributed by atoms with van der Waals surface area (Å²) in [7, 11) is 3.47. The zero-order chi connectivity index (χ0) is 13.4. The van der Waals surface area contributed by atoms with Gasteiger partial charge in [-0.1, -0.05) is 6.07 Å². The van der Waals surface area contributed by atoms with Crippen molar-refractivity contribution in [2.24, 2.45) is 0 Å². The fourth-order valence-electron chi connectivity index (χ4n) is 2.12. The first kappa shape index (κ1) is 12.4. The maximum absolute atomic E-state index is 12.0. The van der Waals surface area contributed by atoms with E-state index >= 15 is 0 Å². The lowest BCUT2D eigenvalue weighted by molar-refractivity contribution is -0.131. The third kappa shape index (κ3) is 1.92. The molecule has 1 amide bonds. The summed E-state index contributed by atoms with van der Waals surface area (Å²) in [4.78, 5) is 17.9. The van der Waals surface area contributed by atoms with Crippen LogP contribution in [0.15, 0.2) is 18.2 Å². The smallest absolute Gasteiger partial charge is 0.244 e. The van der Waals surface area contributed by atoms with Gasteiger partial charge in [0.1, 0.15) is 6.04 Å². The van der Waals surface area contributed by atoms with E-state index < -0.39 is 0 Å². The van der Waals surface area contributed by atoms with Crippen LogP contribution in [-0.2, 0) is 4.79 Å². The van der Waals surface area contributed by atoms with E-state index in [1.807, 2.05) is 32.0 Å². The topological polar surface area (TPSA) is 64.1 Å². The molecule has 5 nitrogen and oxygen atoms in total. The van der Waals surface area contributed by atoms with Gasteiger partial charge in [-0.2, -0.15) is 0 Å². The van der Waals surface area contributed by atoms with E-state index in [9.17, 15) is 4.79 Å². The monoisotopic (exact) mass is 246 g/mol. The summed E-state index contributed by atoms with van der Waals surface area (Å²) in [5, 5.41) is 0. The van der Waals surface area contributed by atoms with Gasteiger partial charge in [0, 0.05) is 14.1 Å². The number of carbonyl (C=O) groups is 1. The standard InChI is InChI=1S/C13H18N4O/c1-8-5-6-11-10(7-8)15-13(14)17(11)9(2)12(18)16(3)4/h5-7,9H,1-4H3,(H2,14,15). The molecule has 0 bridgehead atoms. The Hall–Kier alpha value is -2.04.